The van der Waals surface area contributed by atoms with Gasteiger partial charge in [-0.1, -0.05) is 30.3 Å². The van der Waals surface area contributed by atoms with Crippen molar-refractivity contribution in [1.82, 2.24) is 0 Å². The highest BCUT2D eigenvalue weighted by atomic mass is 16.6. The molecule has 4 atom stereocenters. The van der Waals surface area contributed by atoms with Gasteiger partial charge >= 0.3 is 5.97 Å². The predicted octanol–water partition coefficient (Wildman–Crippen LogP) is 1.55. The molecular formula is C16H20O5. The van der Waals surface area contributed by atoms with Crippen molar-refractivity contribution in [2.24, 2.45) is 5.92 Å². The molecule has 2 aliphatic rings. The lowest BCUT2D eigenvalue weighted by Crippen LogP contribution is -2.54. The Morgan fingerprint density at radius 1 is 1.48 bits per heavy atom. The molecule has 21 heavy (non-hydrogen) atoms. The molecule has 2 aliphatic heterocycles. The predicted molar refractivity (Wildman–Crippen MR) is 74.6 cm³/mol. The normalized spacial score (nSPS) is 35.3. The molecule has 0 spiro atoms. The van der Waals surface area contributed by atoms with E-state index in [0.29, 0.717) is 13.2 Å². The van der Waals surface area contributed by atoms with E-state index < -0.39 is 12.2 Å². The van der Waals surface area contributed by atoms with Crippen molar-refractivity contribution in [1.29, 1.82) is 0 Å². The Bertz CT molecular complexity index is 523. The molecule has 114 valence electrons. The molecule has 2 saturated heterocycles. The maximum absolute atomic E-state index is 11.1. The number of fused-ring (bicyclic) bond motifs is 2. The van der Waals surface area contributed by atoms with Gasteiger partial charge in [-0.05, 0) is 5.56 Å². The number of hydrogen-bond acceptors (Lipinski definition) is 5. The van der Waals surface area contributed by atoms with Gasteiger partial charge in [0.1, 0.15) is 6.61 Å². The van der Waals surface area contributed by atoms with E-state index in [1.165, 1.54) is 6.92 Å². The van der Waals surface area contributed by atoms with Crippen LogP contribution in [-0.4, -0.2) is 44.1 Å². The summed E-state index contributed by atoms with van der Waals surface area (Å²) in [5.74, 6) is -0.552. The van der Waals surface area contributed by atoms with Crippen LogP contribution in [0.2, 0.25) is 0 Å². The first-order valence-corrected chi connectivity index (χ1v) is 7.07. The zero-order valence-corrected chi connectivity index (χ0v) is 12.0. The second kappa shape index (κ2) is 6.13. The number of esters is 1. The smallest absolute Gasteiger partial charge is 0.302 e. The van der Waals surface area contributed by atoms with E-state index >= 15 is 0 Å². The number of ether oxygens (including phenoxy) is 4. The van der Waals surface area contributed by atoms with Gasteiger partial charge in [-0.3, -0.25) is 4.79 Å². The summed E-state index contributed by atoms with van der Waals surface area (Å²) in [5, 5.41) is 0. The molecule has 0 amide bonds. The van der Waals surface area contributed by atoms with Crippen LogP contribution in [-0.2, 0) is 30.3 Å². The Morgan fingerprint density at radius 2 is 2.29 bits per heavy atom. The molecule has 1 aromatic rings. The largest absolute Gasteiger partial charge is 0.463 e. The van der Waals surface area contributed by atoms with Crippen LogP contribution in [0.25, 0.3) is 0 Å². The Labute approximate surface area is 125 Å². The van der Waals surface area contributed by atoms with E-state index in [9.17, 15) is 4.79 Å². The summed E-state index contributed by atoms with van der Waals surface area (Å²) < 4.78 is 30.5. The van der Waals surface area contributed by atoms with E-state index in [4.69, 9.17) is 20.3 Å². The van der Waals surface area contributed by atoms with Gasteiger partial charge in [-0.15, -0.1) is 0 Å². The van der Waals surface area contributed by atoms with Crippen molar-refractivity contribution in [2.45, 2.75) is 25.2 Å². The molecule has 5 nitrogen and oxygen atoms in total. The molecule has 2 bridgehead atoms. The average molecular weight is 294 g/mol. The summed E-state index contributed by atoms with van der Waals surface area (Å²) >= 11 is 0. The summed E-state index contributed by atoms with van der Waals surface area (Å²) in [6, 6.07) is 9.83. The summed E-state index contributed by atoms with van der Waals surface area (Å²) in [7, 11) is 0. The minimum Gasteiger partial charge on any atom is -0.463 e. The summed E-state index contributed by atoms with van der Waals surface area (Å²) in [6.07, 6.45) is -0.316. The second-order valence-electron chi connectivity index (χ2n) is 5.50. The Balaban J connectivity index is 1.72. The minimum absolute atomic E-state index is 0.0493. The number of hydrogen-bond donors (Lipinski definition) is 0. The first kappa shape index (κ1) is 13.2. The zero-order valence-electron chi connectivity index (χ0n) is 13.0. The summed E-state index contributed by atoms with van der Waals surface area (Å²) in [5.41, 5.74) is 0.174. The summed E-state index contributed by atoms with van der Waals surface area (Å²) in [6.45, 7) is 1.80. The molecule has 0 aliphatic carbocycles. The monoisotopic (exact) mass is 294 g/mol. The van der Waals surface area contributed by atoms with E-state index in [0.717, 1.165) is 5.56 Å². The van der Waals surface area contributed by atoms with Gasteiger partial charge in [-0.25, -0.2) is 0 Å². The lowest BCUT2D eigenvalue weighted by molar-refractivity contribution is -0.187. The third-order valence-electron chi connectivity index (χ3n) is 3.83. The van der Waals surface area contributed by atoms with Crippen molar-refractivity contribution in [3.63, 3.8) is 0 Å². The highest BCUT2D eigenvalue weighted by Gasteiger charge is 2.55. The number of carbonyl (C=O) groups is 1. The topological polar surface area (TPSA) is 54.0 Å². The number of benzene rings is 1. The third-order valence-corrected chi connectivity index (χ3v) is 3.83. The lowest BCUT2D eigenvalue weighted by atomic mass is 9.89. The van der Waals surface area contributed by atoms with Crippen LogP contribution in [0.4, 0.5) is 0 Å². The van der Waals surface area contributed by atoms with Crippen LogP contribution in [0.1, 0.15) is 13.9 Å². The number of rotatable bonds is 5. The molecule has 0 radical (unpaired) electrons. The van der Waals surface area contributed by atoms with Crippen LogP contribution in [0.5, 0.6) is 0 Å². The van der Waals surface area contributed by atoms with Crippen LogP contribution >= 0.6 is 0 Å². The second-order valence-corrected chi connectivity index (χ2v) is 5.50. The van der Waals surface area contributed by atoms with Gasteiger partial charge in [0.2, 0.25) is 0 Å². The Kier molecular flexibility index (Phi) is 3.87. The molecule has 2 fully saturated rings. The van der Waals surface area contributed by atoms with Crippen molar-refractivity contribution < 1.29 is 25.1 Å². The van der Waals surface area contributed by atoms with Crippen LogP contribution in [0.3, 0.4) is 0 Å². The molecule has 3 rings (SSSR count). The van der Waals surface area contributed by atoms with Gasteiger partial charge < -0.3 is 18.9 Å². The maximum Gasteiger partial charge on any atom is 0.302 e. The Hall–Kier alpha value is -1.43. The molecule has 0 N–H and O–H groups in total. The fraction of sp³-hybridized carbons (Fsp3) is 0.562. The molecule has 0 saturated carbocycles. The third kappa shape index (κ3) is 3.10. The average Bonchev–Trinajstić information content (AvgIpc) is 2.66. The van der Waals surface area contributed by atoms with Crippen LogP contribution < -0.4 is 0 Å². The van der Waals surface area contributed by atoms with E-state index in [-0.39, 0.29) is 31.2 Å². The van der Waals surface area contributed by atoms with Crippen molar-refractivity contribution in [2.75, 3.05) is 26.4 Å². The Morgan fingerprint density at radius 3 is 3.05 bits per heavy atom. The fourth-order valence-corrected chi connectivity index (χ4v) is 2.78. The van der Waals surface area contributed by atoms with Crippen LogP contribution in [0.15, 0.2) is 30.3 Å². The van der Waals surface area contributed by atoms with Crippen molar-refractivity contribution >= 4 is 5.97 Å². The van der Waals surface area contributed by atoms with Crippen LogP contribution in [0, 0.1) is 5.92 Å². The molecular weight excluding hydrogens is 272 g/mol. The van der Waals surface area contributed by atoms with Gasteiger partial charge in [0.15, 0.2) is 5.60 Å². The molecule has 0 aromatic heterocycles. The van der Waals surface area contributed by atoms with E-state index in [1.54, 1.807) is 0 Å². The van der Waals surface area contributed by atoms with Gasteiger partial charge in [0.25, 0.3) is 0 Å². The molecule has 2 unspecified atom stereocenters. The van der Waals surface area contributed by atoms with Gasteiger partial charge in [0.05, 0.1) is 33.9 Å². The van der Waals surface area contributed by atoms with Gasteiger partial charge in [0, 0.05) is 12.8 Å². The van der Waals surface area contributed by atoms with Crippen molar-refractivity contribution in [3.05, 3.63) is 35.9 Å². The standard InChI is InChI=1S/C16H20O5/c1-12(17)20-11-16-10-18-8-14(9-21-16)15(16)19-7-13-5-3-2-4-6-13/h2-6,14-15H,7-11H2,1H3/t14?,15-,16-/m1/s1/i9T/t9?,14?,15-,16-. The fourth-order valence-electron chi connectivity index (χ4n) is 2.78. The highest BCUT2D eigenvalue weighted by Crippen LogP contribution is 2.38. The lowest BCUT2D eigenvalue weighted by Gasteiger charge is -2.38. The summed E-state index contributed by atoms with van der Waals surface area (Å²) in [4.78, 5) is 11.1. The zero-order chi connectivity index (χ0) is 15.6. The maximum atomic E-state index is 11.1. The first-order chi connectivity index (χ1) is 10.6. The quantitative estimate of drug-likeness (QED) is 0.771. The number of carbonyl (C=O) groups excluding carboxylic acids is 1. The first-order valence-electron chi connectivity index (χ1n) is 7.65. The van der Waals surface area contributed by atoms with Gasteiger partial charge in [-0.2, -0.15) is 0 Å². The highest BCUT2D eigenvalue weighted by molar-refractivity contribution is 5.66. The van der Waals surface area contributed by atoms with E-state index in [2.05, 4.69) is 0 Å². The molecule has 2 heterocycles. The molecule has 1 aromatic carbocycles. The minimum atomic E-state index is -0.879. The SMILES string of the molecule is [3H]C1O[C@@]2(COC(C)=O)COCC1[C@H]2OCc1ccccc1. The van der Waals surface area contributed by atoms with Crippen molar-refractivity contribution in [3.8, 4) is 0 Å². The molecule has 5 heteroatoms. The van der Waals surface area contributed by atoms with E-state index in [1.807, 2.05) is 30.3 Å².